The van der Waals surface area contributed by atoms with E-state index in [1.54, 1.807) is 0 Å². The summed E-state index contributed by atoms with van der Waals surface area (Å²) in [4.78, 5) is 26.1. The minimum absolute atomic E-state index is 0.0289. The second-order valence-corrected chi connectivity index (χ2v) is 13.9. The maximum atomic E-state index is 13.0. The Bertz CT molecular complexity index is 1150. The maximum Gasteiger partial charge on any atom is 0.314 e. The minimum atomic E-state index is -0.636. The van der Waals surface area contributed by atoms with Crippen LogP contribution in [0.1, 0.15) is 114 Å². The third-order valence-corrected chi connectivity index (χ3v) is 9.10. The zero-order valence-electron chi connectivity index (χ0n) is 24.0. The Balaban J connectivity index is 1.60. The van der Waals surface area contributed by atoms with Crippen molar-refractivity contribution in [3.05, 3.63) is 57.6 Å². The Morgan fingerprint density at radius 3 is 1.06 bits per heavy atom. The molecule has 4 heteroatoms. The molecule has 0 heterocycles. The summed E-state index contributed by atoms with van der Waals surface area (Å²) >= 11 is 0. The summed E-state index contributed by atoms with van der Waals surface area (Å²) in [5.41, 5.74) is 8.85. The van der Waals surface area contributed by atoms with E-state index in [0.29, 0.717) is 11.4 Å². The number of carbonyl (C=O) groups excluding carboxylic acids is 2. The van der Waals surface area contributed by atoms with Gasteiger partial charge in [-0.3, -0.25) is 9.59 Å². The predicted molar refractivity (Wildman–Crippen MR) is 150 cm³/mol. The molecule has 0 spiro atoms. The molecule has 2 aromatic carbocycles. The first-order valence-corrected chi connectivity index (χ1v) is 13.4. The third-order valence-electron chi connectivity index (χ3n) is 9.10. The molecule has 2 N–H and O–H groups in total. The van der Waals surface area contributed by atoms with Gasteiger partial charge in [0.15, 0.2) is 0 Å². The van der Waals surface area contributed by atoms with Gasteiger partial charge in [-0.1, -0.05) is 67.5 Å². The van der Waals surface area contributed by atoms with Crippen molar-refractivity contribution in [2.75, 3.05) is 10.6 Å². The highest BCUT2D eigenvalue weighted by Crippen LogP contribution is 2.48. The summed E-state index contributed by atoms with van der Waals surface area (Å²) < 4.78 is 0. The number of rotatable bonds is 2. The van der Waals surface area contributed by atoms with Crippen LogP contribution in [-0.4, -0.2) is 11.8 Å². The van der Waals surface area contributed by atoms with Gasteiger partial charge >= 0.3 is 11.8 Å². The van der Waals surface area contributed by atoms with E-state index in [4.69, 9.17) is 0 Å². The molecule has 0 saturated carbocycles. The zero-order chi connectivity index (χ0) is 26.8. The highest BCUT2D eigenvalue weighted by molar-refractivity contribution is 6.43. The van der Waals surface area contributed by atoms with E-state index in [0.717, 1.165) is 36.8 Å². The first-order valence-electron chi connectivity index (χ1n) is 13.4. The summed E-state index contributed by atoms with van der Waals surface area (Å²) in [7, 11) is 0. The van der Waals surface area contributed by atoms with Gasteiger partial charge < -0.3 is 10.6 Å². The van der Waals surface area contributed by atoms with Gasteiger partial charge in [-0.2, -0.15) is 0 Å². The molecular weight excluding hydrogens is 444 g/mol. The van der Waals surface area contributed by atoms with Gasteiger partial charge in [0.2, 0.25) is 0 Å². The number of carbonyl (C=O) groups is 2. The van der Waals surface area contributed by atoms with Crippen LogP contribution in [0.3, 0.4) is 0 Å². The maximum absolute atomic E-state index is 13.0. The van der Waals surface area contributed by atoms with Crippen molar-refractivity contribution < 1.29 is 9.59 Å². The van der Waals surface area contributed by atoms with Crippen LogP contribution in [0.5, 0.6) is 0 Å². The Morgan fingerprint density at radius 2 is 0.778 bits per heavy atom. The normalized spacial score (nSPS) is 20.6. The van der Waals surface area contributed by atoms with Gasteiger partial charge in [-0.15, -0.1) is 0 Å². The van der Waals surface area contributed by atoms with Crippen LogP contribution in [0.25, 0.3) is 0 Å². The van der Waals surface area contributed by atoms with Crippen LogP contribution in [0.15, 0.2) is 24.3 Å². The minimum Gasteiger partial charge on any atom is -0.318 e. The highest BCUT2D eigenvalue weighted by atomic mass is 16.2. The molecule has 0 saturated heterocycles. The quantitative estimate of drug-likeness (QED) is 0.428. The average Bonchev–Trinajstić information content (AvgIpc) is 2.77. The smallest absolute Gasteiger partial charge is 0.314 e. The summed E-state index contributed by atoms with van der Waals surface area (Å²) in [6.07, 6.45) is 4.45. The molecule has 2 aliphatic rings. The molecule has 0 fully saturated rings. The molecule has 2 amide bonds. The molecule has 0 unspecified atom stereocenters. The van der Waals surface area contributed by atoms with Gasteiger partial charge in [0.1, 0.15) is 0 Å². The lowest BCUT2D eigenvalue weighted by atomic mass is 9.63. The van der Waals surface area contributed by atoms with Crippen molar-refractivity contribution in [2.24, 2.45) is 0 Å². The van der Waals surface area contributed by atoms with E-state index in [1.165, 1.54) is 22.3 Å². The zero-order valence-corrected chi connectivity index (χ0v) is 24.0. The van der Waals surface area contributed by atoms with E-state index >= 15 is 0 Å². The number of nitrogens with one attached hydrogen (secondary N) is 2. The van der Waals surface area contributed by atoms with Crippen molar-refractivity contribution in [2.45, 2.75) is 117 Å². The fourth-order valence-electron chi connectivity index (χ4n) is 6.07. The fourth-order valence-corrected chi connectivity index (χ4v) is 6.07. The Kier molecular flexibility index (Phi) is 6.22. The van der Waals surface area contributed by atoms with Crippen LogP contribution in [0, 0.1) is 13.8 Å². The van der Waals surface area contributed by atoms with E-state index in [-0.39, 0.29) is 21.7 Å². The average molecular weight is 489 g/mol. The molecule has 194 valence electrons. The van der Waals surface area contributed by atoms with E-state index in [1.807, 2.05) is 13.8 Å². The standard InChI is InChI=1S/C32H44N2O2/c1-19-15-21-23(31(7,8)13-11-29(21,3)4)17-25(19)33-27(35)28(36)34-26-18-24-22(16-20(26)2)30(5,6)12-14-32(24,9)10/h15-18H,11-14H2,1-10H3,(H,33,35)(H,34,36). The van der Waals surface area contributed by atoms with Gasteiger partial charge in [0.25, 0.3) is 0 Å². The Labute approximate surface area is 217 Å². The second-order valence-electron chi connectivity index (χ2n) is 13.9. The lowest BCUT2D eigenvalue weighted by Gasteiger charge is -2.42. The number of anilines is 2. The van der Waals surface area contributed by atoms with E-state index < -0.39 is 11.8 Å². The van der Waals surface area contributed by atoms with Crippen LogP contribution in [0.4, 0.5) is 11.4 Å². The Morgan fingerprint density at radius 1 is 0.528 bits per heavy atom. The molecule has 0 radical (unpaired) electrons. The number of hydrogen-bond donors (Lipinski definition) is 2. The SMILES string of the molecule is Cc1cc2c(cc1NC(=O)C(=O)Nc1cc3c(cc1C)C(C)(C)CCC3(C)C)C(C)(C)CCC2(C)C. The van der Waals surface area contributed by atoms with Crippen molar-refractivity contribution in [1.82, 2.24) is 0 Å². The number of aryl methyl sites for hydroxylation is 2. The van der Waals surface area contributed by atoms with Crippen molar-refractivity contribution in [3.63, 3.8) is 0 Å². The molecule has 4 rings (SSSR count). The van der Waals surface area contributed by atoms with Crippen LogP contribution in [-0.2, 0) is 31.2 Å². The largest absolute Gasteiger partial charge is 0.318 e. The van der Waals surface area contributed by atoms with Crippen LogP contribution < -0.4 is 10.6 Å². The number of benzene rings is 2. The monoisotopic (exact) mass is 488 g/mol. The molecule has 0 atom stereocenters. The number of fused-ring (bicyclic) bond motifs is 2. The topological polar surface area (TPSA) is 58.2 Å². The summed E-state index contributed by atoms with van der Waals surface area (Å²) in [5.74, 6) is -1.27. The molecule has 2 aromatic rings. The lowest BCUT2D eigenvalue weighted by molar-refractivity contribution is -0.133. The first kappa shape index (κ1) is 26.4. The molecular formula is C32H44N2O2. The molecule has 2 aliphatic carbocycles. The Hall–Kier alpha value is -2.62. The van der Waals surface area contributed by atoms with Gasteiger partial charge in [-0.25, -0.2) is 0 Å². The van der Waals surface area contributed by atoms with E-state index in [2.05, 4.69) is 90.3 Å². The number of amides is 2. The molecule has 0 aromatic heterocycles. The van der Waals surface area contributed by atoms with Crippen molar-refractivity contribution in [3.8, 4) is 0 Å². The lowest BCUT2D eigenvalue weighted by Crippen LogP contribution is -2.35. The summed E-state index contributed by atoms with van der Waals surface area (Å²) in [5, 5.41) is 5.81. The number of hydrogen-bond acceptors (Lipinski definition) is 2. The summed E-state index contributed by atoms with van der Waals surface area (Å²) in [6, 6.07) is 8.57. The molecule has 36 heavy (non-hydrogen) atoms. The van der Waals surface area contributed by atoms with Gasteiger partial charge in [0, 0.05) is 11.4 Å². The molecule has 0 bridgehead atoms. The predicted octanol–water partition coefficient (Wildman–Crippen LogP) is 7.58. The van der Waals surface area contributed by atoms with Crippen molar-refractivity contribution >= 4 is 23.2 Å². The van der Waals surface area contributed by atoms with Crippen molar-refractivity contribution in [1.29, 1.82) is 0 Å². The highest BCUT2D eigenvalue weighted by Gasteiger charge is 2.39. The van der Waals surface area contributed by atoms with Crippen LogP contribution >= 0.6 is 0 Å². The third kappa shape index (κ3) is 4.60. The van der Waals surface area contributed by atoms with Crippen LogP contribution in [0.2, 0.25) is 0 Å². The van der Waals surface area contributed by atoms with E-state index in [9.17, 15) is 9.59 Å². The first-order chi connectivity index (χ1) is 16.4. The summed E-state index contributed by atoms with van der Waals surface area (Å²) in [6.45, 7) is 22.2. The molecule has 0 aliphatic heterocycles. The second kappa shape index (κ2) is 8.46. The fraction of sp³-hybridized carbons (Fsp3) is 0.562. The molecule has 4 nitrogen and oxygen atoms in total. The van der Waals surface area contributed by atoms with Gasteiger partial charge in [-0.05, 0) is 107 Å². The van der Waals surface area contributed by atoms with Gasteiger partial charge in [0.05, 0.1) is 0 Å².